The summed E-state index contributed by atoms with van der Waals surface area (Å²) in [6.45, 7) is 2.24. The Morgan fingerprint density at radius 1 is 1.00 bits per heavy atom. The summed E-state index contributed by atoms with van der Waals surface area (Å²) in [5.74, 6) is 0. The molecule has 0 rings (SSSR count). The number of unbranched alkanes of at least 4 members (excludes halogenated alkanes) is 5. The van der Waals surface area contributed by atoms with E-state index in [0.717, 1.165) is 6.04 Å². The van der Waals surface area contributed by atoms with Gasteiger partial charge in [-0.25, -0.2) is 0 Å². The molecule has 0 saturated heterocycles. The Balaban J connectivity index is 3.01. The first-order chi connectivity index (χ1) is 5.56. The highest BCUT2D eigenvalue weighted by atomic mass is 127. The van der Waals surface area contributed by atoms with Crippen LogP contribution in [-0.2, 0) is 0 Å². The van der Waals surface area contributed by atoms with E-state index in [1.807, 2.05) is 0 Å². The summed E-state index contributed by atoms with van der Waals surface area (Å²) in [6.07, 6.45) is 7.92. The molecule has 0 aliphatic rings. The van der Waals surface area contributed by atoms with E-state index >= 15 is 0 Å². The monoisotopic (exact) mass is 338 g/mol. The summed E-state index contributed by atoms with van der Waals surface area (Å²) in [4.78, 5) is 0. The molecule has 0 nitrogen and oxygen atoms in total. The highest BCUT2D eigenvalue weighted by Gasteiger charge is 2.22. The zero-order valence-corrected chi connectivity index (χ0v) is 12.3. The van der Waals surface area contributed by atoms with E-state index in [-0.39, 0.29) is 0 Å². The van der Waals surface area contributed by atoms with Crippen molar-refractivity contribution < 1.29 is 0 Å². The molecule has 0 spiro atoms. The second-order valence-electron chi connectivity index (χ2n) is 3.13. The molecule has 74 valence electrons. The Kier molecular flexibility index (Phi) is 8.89. The van der Waals surface area contributed by atoms with Gasteiger partial charge < -0.3 is 0 Å². The van der Waals surface area contributed by atoms with Gasteiger partial charge >= 0.3 is 4.19 Å². The zero-order chi connectivity index (χ0) is 9.45. The molecule has 0 fully saturated rings. The summed E-state index contributed by atoms with van der Waals surface area (Å²) in [6, 6.07) is 1.04. The lowest BCUT2D eigenvalue weighted by atomic mass is 10.1. The van der Waals surface area contributed by atoms with Crippen LogP contribution in [0.4, 0.5) is 0 Å². The van der Waals surface area contributed by atoms with Gasteiger partial charge in [0.05, 0.1) is 0 Å². The van der Waals surface area contributed by atoms with Crippen LogP contribution in [0.1, 0.15) is 45.4 Å². The van der Waals surface area contributed by atoms with Gasteiger partial charge in [0.25, 0.3) is 0 Å². The third-order valence-electron chi connectivity index (χ3n) is 1.81. The number of hydrogen-bond acceptors (Lipinski definition) is 0. The molecule has 0 saturated carbocycles. The lowest BCUT2D eigenvalue weighted by molar-refractivity contribution is 0.624. The maximum absolute atomic E-state index is 5.96. The molecule has 0 aromatic carbocycles. The molecular formula is C8H17Cl2ISi. The number of hydrogen-bond donors (Lipinski definition) is 0. The second-order valence-corrected chi connectivity index (χ2v) is 18.7. The lowest BCUT2D eigenvalue weighted by Gasteiger charge is -2.06. The van der Waals surface area contributed by atoms with Crippen molar-refractivity contribution in [3.63, 3.8) is 0 Å². The Bertz CT molecular complexity index is 104. The van der Waals surface area contributed by atoms with Crippen molar-refractivity contribution in [3.05, 3.63) is 0 Å². The van der Waals surface area contributed by atoms with Crippen molar-refractivity contribution in [2.75, 3.05) is 0 Å². The lowest BCUT2D eigenvalue weighted by Crippen LogP contribution is -2.06. The van der Waals surface area contributed by atoms with E-state index in [4.69, 9.17) is 22.2 Å². The average Bonchev–Trinajstić information content (AvgIpc) is 1.94. The van der Waals surface area contributed by atoms with Crippen molar-refractivity contribution >= 4 is 48.1 Å². The van der Waals surface area contributed by atoms with Crippen LogP contribution in [0.2, 0.25) is 6.04 Å². The second kappa shape index (κ2) is 7.89. The highest BCUT2D eigenvalue weighted by Crippen LogP contribution is 2.30. The standard InChI is InChI=1S/C8H17Cl2ISi/c1-2-3-4-5-6-7-8-12(9,10)11/h2-8H2,1H3. The molecule has 0 heterocycles. The summed E-state index contributed by atoms with van der Waals surface area (Å²) in [5, 5.41) is 0. The summed E-state index contributed by atoms with van der Waals surface area (Å²) in [5.41, 5.74) is 0. The van der Waals surface area contributed by atoms with Gasteiger partial charge in [-0.05, 0) is 6.04 Å². The fourth-order valence-corrected chi connectivity index (χ4v) is 3.70. The van der Waals surface area contributed by atoms with Crippen LogP contribution in [0.15, 0.2) is 0 Å². The Hall–Kier alpha value is 1.53. The number of rotatable bonds is 7. The van der Waals surface area contributed by atoms with E-state index in [0.29, 0.717) is 0 Å². The van der Waals surface area contributed by atoms with Gasteiger partial charge in [-0.15, -0.1) is 22.2 Å². The van der Waals surface area contributed by atoms with Crippen molar-refractivity contribution in [2.24, 2.45) is 0 Å². The van der Waals surface area contributed by atoms with Crippen LogP contribution >= 0.6 is 44.0 Å². The molecule has 0 radical (unpaired) electrons. The molecule has 12 heavy (non-hydrogen) atoms. The first-order valence-electron chi connectivity index (χ1n) is 4.63. The first kappa shape index (κ1) is 13.5. The SMILES string of the molecule is CCCCCCCC[Si](Cl)(Cl)I. The van der Waals surface area contributed by atoms with Crippen molar-refractivity contribution in [2.45, 2.75) is 51.5 Å². The minimum absolute atomic E-state index is 1.04. The van der Waals surface area contributed by atoms with E-state index < -0.39 is 4.19 Å². The quantitative estimate of drug-likeness (QED) is 0.259. The van der Waals surface area contributed by atoms with Crippen LogP contribution in [0.5, 0.6) is 0 Å². The minimum Gasteiger partial charge on any atom is -0.132 e. The Labute approximate surface area is 99.0 Å². The van der Waals surface area contributed by atoms with Crippen molar-refractivity contribution in [1.29, 1.82) is 0 Å². The summed E-state index contributed by atoms with van der Waals surface area (Å²) < 4.78 is -1.81. The molecule has 0 N–H and O–H groups in total. The molecule has 0 aromatic heterocycles. The van der Waals surface area contributed by atoms with Crippen LogP contribution in [-0.4, -0.2) is 4.19 Å². The van der Waals surface area contributed by atoms with Crippen LogP contribution in [0.25, 0.3) is 0 Å². The number of halogens is 3. The molecule has 0 atom stereocenters. The largest absolute Gasteiger partial charge is 0.312 e. The van der Waals surface area contributed by atoms with E-state index in [2.05, 4.69) is 28.7 Å². The molecular weight excluding hydrogens is 322 g/mol. The van der Waals surface area contributed by atoms with Crippen LogP contribution < -0.4 is 0 Å². The smallest absolute Gasteiger partial charge is 0.132 e. The Morgan fingerprint density at radius 3 is 2.00 bits per heavy atom. The third kappa shape index (κ3) is 11.5. The van der Waals surface area contributed by atoms with Crippen molar-refractivity contribution in [1.82, 2.24) is 0 Å². The van der Waals surface area contributed by atoms with Gasteiger partial charge in [0.2, 0.25) is 0 Å². The third-order valence-corrected chi connectivity index (χ3v) is 5.49. The van der Waals surface area contributed by atoms with Crippen LogP contribution in [0.3, 0.4) is 0 Å². The fourth-order valence-electron chi connectivity index (χ4n) is 1.11. The molecule has 0 aromatic rings. The average molecular weight is 339 g/mol. The van der Waals surface area contributed by atoms with Gasteiger partial charge in [-0.2, -0.15) is 0 Å². The topological polar surface area (TPSA) is 0 Å². The van der Waals surface area contributed by atoms with Crippen LogP contribution in [0, 0.1) is 0 Å². The highest BCUT2D eigenvalue weighted by molar-refractivity contribution is 14.1. The molecule has 0 bridgehead atoms. The first-order valence-corrected chi connectivity index (χ1v) is 12.0. The summed E-state index contributed by atoms with van der Waals surface area (Å²) in [7, 11) is 0. The fraction of sp³-hybridized carbons (Fsp3) is 1.00. The Morgan fingerprint density at radius 2 is 1.50 bits per heavy atom. The predicted octanol–water partition coefficient (Wildman–Crippen LogP) is 5.20. The van der Waals surface area contributed by atoms with Gasteiger partial charge in [0.15, 0.2) is 0 Å². The maximum Gasteiger partial charge on any atom is 0.312 e. The molecule has 0 aliphatic heterocycles. The van der Waals surface area contributed by atoms with Gasteiger partial charge in [-0.3, -0.25) is 0 Å². The van der Waals surface area contributed by atoms with Gasteiger partial charge in [0, 0.05) is 0 Å². The van der Waals surface area contributed by atoms with Gasteiger partial charge in [0.1, 0.15) is 0 Å². The van der Waals surface area contributed by atoms with E-state index in [1.54, 1.807) is 0 Å². The van der Waals surface area contributed by atoms with Gasteiger partial charge in [-0.1, -0.05) is 67.2 Å². The minimum atomic E-state index is -1.81. The zero-order valence-electron chi connectivity index (χ0n) is 7.58. The van der Waals surface area contributed by atoms with E-state index in [1.165, 1.54) is 38.5 Å². The molecule has 0 aliphatic carbocycles. The van der Waals surface area contributed by atoms with Crippen molar-refractivity contribution in [3.8, 4) is 0 Å². The predicted molar refractivity (Wildman–Crippen MR) is 69.7 cm³/mol. The summed E-state index contributed by atoms with van der Waals surface area (Å²) >= 11 is 14.1. The maximum atomic E-state index is 5.96. The molecule has 0 amide bonds. The normalized spacial score (nSPS) is 12.0. The molecule has 4 heteroatoms. The molecule has 0 unspecified atom stereocenters. The van der Waals surface area contributed by atoms with E-state index in [9.17, 15) is 0 Å².